The van der Waals surface area contributed by atoms with Crippen LogP contribution in [0.15, 0.2) is 35.5 Å². The summed E-state index contributed by atoms with van der Waals surface area (Å²) >= 11 is 5.91. The molecule has 2 aromatic rings. The summed E-state index contributed by atoms with van der Waals surface area (Å²) in [7, 11) is -3.77. The van der Waals surface area contributed by atoms with Crippen LogP contribution in [0.2, 0.25) is 5.02 Å². The Kier molecular flexibility index (Phi) is 4.09. The average molecular weight is 311 g/mol. The molecule has 104 valence electrons. The summed E-state index contributed by atoms with van der Waals surface area (Å²) in [6.07, 6.45) is 3.14. The van der Waals surface area contributed by atoms with Crippen LogP contribution in [0.5, 0.6) is 0 Å². The van der Waals surface area contributed by atoms with Gasteiger partial charge in [-0.2, -0.15) is 10.4 Å². The van der Waals surface area contributed by atoms with Crippen LogP contribution in [-0.2, 0) is 10.0 Å². The van der Waals surface area contributed by atoms with Gasteiger partial charge in [0.2, 0.25) is 10.0 Å². The normalized spacial score (nSPS) is 12.8. The Labute approximate surface area is 121 Å². The van der Waals surface area contributed by atoms with Crippen molar-refractivity contribution < 1.29 is 8.42 Å². The summed E-state index contributed by atoms with van der Waals surface area (Å²) in [5.41, 5.74) is 1.01. The Bertz CT molecular complexity index is 750. The zero-order chi connectivity index (χ0) is 14.8. The smallest absolute Gasteiger partial charge is 0.242 e. The summed E-state index contributed by atoms with van der Waals surface area (Å²) in [5, 5.41) is 15.1. The molecule has 20 heavy (non-hydrogen) atoms. The Hall–Kier alpha value is -1.88. The molecule has 0 saturated carbocycles. The molecule has 2 N–H and O–H groups in total. The number of halogens is 1. The van der Waals surface area contributed by atoms with Crippen LogP contribution >= 0.6 is 11.6 Å². The van der Waals surface area contributed by atoms with E-state index in [4.69, 9.17) is 16.9 Å². The number of H-pyrrole nitrogens is 1. The number of rotatable bonds is 4. The Morgan fingerprint density at radius 1 is 1.50 bits per heavy atom. The van der Waals surface area contributed by atoms with E-state index in [0.29, 0.717) is 11.1 Å². The molecule has 0 bridgehead atoms. The van der Waals surface area contributed by atoms with Gasteiger partial charge in [-0.15, -0.1) is 0 Å². The van der Waals surface area contributed by atoms with Crippen LogP contribution in [0, 0.1) is 11.3 Å². The number of hydrogen-bond acceptors (Lipinski definition) is 4. The molecule has 0 aliphatic rings. The van der Waals surface area contributed by atoms with Gasteiger partial charge in [-0.05, 0) is 25.1 Å². The second kappa shape index (κ2) is 5.63. The van der Waals surface area contributed by atoms with Crippen LogP contribution in [0.4, 0.5) is 0 Å². The summed E-state index contributed by atoms with van der Waals surface area (Å²) in [6, 6.07) is 5.48. The number of sulfonamides is 1. The van der Waals surface area contributed by atoms with Crippen molar-refractivity contribution in [3.05, 3.63) is 46.7 Å². The fraction of sp³-hybridized carbons (Fsp3) is 0.167. The third kappa shape index (κ3) is 2.99. The molecule has 1 unspecified atom stereocenters. The molecule has 0 saturated heterocycles. The van der Waals surface area contributed by atoms with Crippen molar-refractivity contribution in [2.24, 2.45) is 0 Å². The molecule has 0 radical (unpaired) electrons. The molecular weight excluding hydrogens is 300 g/mol. The molecule has 0 fully saturated rings. The van der Waals surface area contributed by atoms with E-state index < -0.39 is 16.1 Å². The number of nitrogens with one attached hydrogen (secondary N) is 2. The topological polar surface area (TPSA) is 98.6 Å². The lowest BCUT2D eigenvalue weighted by Gasteiger charge is -2.13. The lowest BCUT2D eigenvalue weighted by atomic mass is 10.2. The van der Waals surface area contributed by atoms with Crippen LogP contribution in [-0.4, -0.2) is 18.6 Å². The van der Waals surface area contributed by atoms with E-state index in [1.807, 2.05) is 6.07 Å². The first kappa shape index (κ1) is 14.5. The van der Waals surface area contributed by atoms with E-state index in [0.717, 1.165) is 0 Å². The molecule has 1 aromatic heterocycles. The summed E-state index contributed by atoms with van der Waals surface area (Å²) in [6.45, 7) is 1.69. The molecule has 1 aromatic carbocycles. The fourth-order valence-corrected chi connectivity index (χ4v) is 3.43. The molecule has 1 heterocycles. The predicted molar refractivity (Wildman–Crippen MR) is 73.5 cm³/mol. The number of benzene rings is 1. The molecule has 1 atom stereocenters. The molecular formula is C12H11ClN4O2S. The van der Waals surface area contributed by atoms with Crippen molar-refractivity contribution in [1.29, 1.82) is 5.26 Å². The van der Waals surface area contributed by atoms with Gasteiger partial charge in [0.25, 0.3) is 0 Å². The maximum Gasteiger partial charge on any atom is 0.242 e. The highest BCUT2D eigenvalue weighted by Gasteiger charge is 2.21. The third-order valence-corrected chi connectivity index (χ3v) is 4.73. The molecule has 0 aliphatic heterocycles. The maximum atomic E-state index is 12.2. The minimum Gasteiger partial charge on any atom is -0.285 e. The van der Waals surface area contributed by atoms with Crippen molar-refractivity contribution in [3.8, 4) is 6.07 Å². The highest BCUT2D eigenvalue weighted by molar-refractivity contribution is 7.89. The van der Waals surface area contributed by atoms with Gasteiger partial charge in [0.05, 0.1) is 22.9 Å². The first-order valence-electron chi connectivity index (χ1n) is 5.64. The highest BCUT2D eigenvalue weighted by atomic mass is 35.5. The lowest BCUT2D eigenvalue weighted by molar-refractivity contribution is 0.567. The van der Waals surface area contributed by atoms with Crippen LogP contribution < -0.4 is 4.72 Å². The van der Waals surface area contributed by atoms with E-state index >= 15 is 0 Å². The number of hydrogen-bond donors (Lipinski definition) is 2. The van der Waals surface area contributed by atoms with E-state index in [2.05, 4.69) is 14.9 Å². The maximum absolute atomic E-state index is 12.2. The molecule has 0 aliphatic carbocycles. The quantitative estimate of drug-likeness (QED) is 0.902. The lowest BCUT2D eigenvalue weighted by Crippen LogP contribution is -2.27. The SMILES string of the molecule is CC(NS(=O)(=O)c1ccc(C#N)cc1Cl)c1cn[nH]c1. The Morgan fingerprint density at radius 2 is 2.25 bits per heavy atom. The van der Waals surface area contributed by atoms with Gasteiger partial charge in [-0.3, -0.25) is 5.10 Å². The largest absolute Gasteiger partial charge is 0.285 e. The van der Waals surface area contributed by atoms with Crippen molar-refractivity contribution >= 4 is 21.6 Å². The van der Waals surface area contributed by atoms with Gasteiger partial charge in [0.1, 0.15) is 4.90 Å². The second-order valence-electron chi connectivity index (χ2n) is 4.13. The first-order chi connectivity index (χ1) is 9.44. The molecule has 0 amide bonds. The molecule has 0 spiro atoms. The fourth-order valence-electron chi connectivity index (χ4n) is 1.65. The second-order valence-corrected chi connectivity index (χ2v) is 6.22. The third-order valence-electron chi connectivity index (χ3n) is 2.70. The van der Waals surface area contributed by atoms with Gasteiger partial charge >= 0.3 is 0 Å². The Balaban J connectivity index is 2.29. The molecule has 6 nitrogen and oxygen atoms in total. The van der Waals surface area contributed by atoms with Gasteiger partial charge in [0, 0.05) is 17.8 Å². The molecule has 2 rings (SSSR count). The van der Waals surface area contributed by atoms with E-state index in [9.17, 15) is 8.42 Å². The van der Waals surface area contributed by atoms with Crippen LogP contribution in [0.25, 0.3) is 0 Å². The minimum atomic E-state index is -3.77. The van der Waals surface area contributed by atoms with Crippen molar-refractivity contribution in [2.45, 2.75) is 17.9 Å². The zero-order valence-corrected chi connectivity index (χ0v) is 12.0. The summed E-state index contributed by atoms with van der Waals surface area (Å²) in [4.78, 5) is -0.0616. The number of nitriles is 1. The van der Waals surface area contributed by atoms with Gasteiger partial charge < -0.3 is 0 Å². The van der Waals surface area contributed by atoms with E-state index in [1.165, 1.54) is 24.4 Å². The first-order valence-corrected chi connectivity index (χ1v) is 7.51. The summed E-state index contributed by atoms with van der Waals surface area (Å²) in [5.74, 6) is 0. The van der Waals surface area contributed by atoms with Crippen molar-refractivity contribution in [2.75, 3.05) is 0 Å². The standard InChI is InChI=1S/C12H11ClN4O2S/c1-8(10-6-15-16-7-10)17-20(18,19)12-3-2-9(5-14)4-11(12)13/h2-4,6-8,17H,1H3,(H,15,16). The highest BCUT2D eigenvalue weighted by Crippen LogP contribution is 2.24. The predicted octanol–water partition coefficient (Wildman–Crippen LogP) is 1.97. The van der Waals surface area contributed by atoms with E-state index in [-0.39, 0.29) is 9.92 Å². The number of nitrogens with zero attached hydrogens (tertiary/aromatic N) is 2. The van der Waals surface area contributed by atoms with Crippen LogP contribution in [0.3, 0.4) is 0 Å². The van der Waals surface area contributed by atoms with E-state index in [1.54, 1.807) is 13.1 Å². The minimum absolute atomic E-state index is 0.0101. The van der Waals surface area contributed by atoms with Crippen molar-refractivity contribution in [3.63, 3.8) is 0 Å². The van der Waals surface area contributed by atoms with Gasteiger partial charge in [-0.25, -0.2) is 13.1 Å². The van der Waals surface area contributed by atoms with Gasteiger partial charge in [-0.1, -0.05) is 11.6 Å². The van der Waals surface area contributed by atoms with Crippen LogP contribution in [0.1, 0.15) is 24.1 Å². The van der Waals surface area contributed by atoms with Gasteiger partial charge in [0.15, 0.2) is 0 Å². The summed E-state index contributed by atoms with van der Waals surface area (Å²) < 4.78 is 27.0. The Morgan fingerprint density at radius 3 is 2.80 bits per heavy atom. The monoisotopic (exact) mass is 310 g/mol. The average Bonchev–Trinajstić information content (AvgIpc) is 2.91. The molecule has 8 heteroatoms. The zero-order valence-electron chi connectivity index (χ0n) is 10.5. The van der Waals surface area contributed by atoms with Crippen molar-refractivity contribution in [1.82, 2.24) is 14.9 Å². The number of aromatic nitrogens is 2. The number of aromatic amines is 1.